The van der Waals surface area contributed by atoms with Gasteiger partial charge in [0.05, 0.1) is 7.11 Å². The van der Waals surface area contributed by atoms with Crippen molar-refractivity contribution in [2.75, 3.05) is 20.2 Å². The summed E-state index contributed by atoms with van der Waals surface area (Å²) in [5, 5.41) is 0. The molecule has 0 N–H and O–H groups in total. The maximum atomic E-state index is 13.1. The van der Waals surface area contributed by atoms with Crippen LogP contribution in [0.4, 0.5) is 0 Å². The number of hydrogen-bond donors (Lipinski definition) is 0. The maximum absolute atomic E-state index is 13.1. The average molecular weight is 399 g/mol. The lowest BCUT2D eigenvalue weighted by Gasteiger charge is -2.39. The summed E-state index contributed by atoms with van der Waals surface area (Å²) in [5.74, 6) is 2.86. The zero-order valence-corrected chi connectivity index (χ0v) is 17.1. The van der Waals surface area contributed by atoms with Crippen LogP contribution in [0.15, 0.2) is 72.8 Å². The van der Waals surface area contributed by atoms with E-state index >= 15 is 0 Å². The van der Waals surface area contributed by atoms with Gasteiger partial charge in [-0.25, -0.2) is 0 Å². The van der Waals surface area contributed by atoms with Gasteiger partial charge in [0.15, 0.2) is 0 Å². The Hall–Kier alpha value is -3.11. The minimum atomic E-state index is -0.0975. The first-order valence-corrected chi connectivity index (χ1v) is 10.5. The summed E-state index contributed by atoms with van der Waals surface area (Å²) in [6.07, 6.45) is 0.571. The van der Waals surface area contributed by atoms with E-state index in [1.165, 1.54) is 0 Å². The number of carbonyl (C=O) groups is 1. The molecule has 2 aliphatic heterocycles. The minimum Gasteiger partial charge on any atom is -0.496 e. The minimum absolute atomic E-state index is 0.0131. The van der Waals surface area contributed by atoms with Gasteiger partial charge in [-0.1, -0.05) is 54.6 Å². The van der Waals surface area contributed by atoms with Crippen molar-refractivity contribution in [3.63, 3.8) is 0 Å². The zero-order valence-electron chi connectivity index (χ0n) is 17.1. The topological polar surface area (TPSA) is 38.8 Å². The molecule has 0 aromatic heterocycles. The van der Waals surface area contributed by atoms with Gasteiger partial charge in [-0.05, 0) is 18.2 Å². The zero-order chi connectivity index (χ0) is 20.5. The number of likely N-dealkylation sites (tertiary alicyclic amines) is 1. The molecule has 0 spiro atoms. The molecular formula is C26H25NO3. The van der Waals surface area contributed by atoms with Crippen molar-refractivity contribution in [1.29, 1.82) is 0 Å². The third kappa shape index (κ3) is 3.37. The average Bonchev–Trinajstić information content (AvgIpc) is 2.79. The Morgan fingerprint density at radius 2 is 1.57 bits per heavy atom. The van der Waals surface area contributed by atoms with Crippen LogP contribution in [-0.2, 0) is 11.3 Å². The quantitative estimate of drug-likeness (QED) is 0.617. The van der Waals surface area contributed by atoms with E-state index in [-0.39, 0.29) is 11.8 Å². The summed E-state index contributed by atoms with van der Waals surface area (Å²) in [6.45, 7) is 2.28. The molecule has 2 aliphatic rings. The fraction of sp³-hybridized carbons (Fsp3) is 0.269. The molecule has 0 saturated carbocycles. The number of nitrogens with zero attached hydrogens (tertiary/aromatic N) is 1. The Labute approximate surface area is 177 Å². The van der Waals surface area contributed by atoms with Crippen molar-refractivity contribution in [1.82, 2.24) is 4.90 Å². The molecule has 30 heavy (non-hydrogen) atoms. The Bertz CT molecular complexity index is 1030. The van der Waals surface area contributed by atoms with Crippen molar-refractivity contribution >= 4 is 5.78 Å². The number of ketones is 1. The molecule has 152 valence electrons. The van der Waals surface area contributed by atoms with Crippen molar-refractivity contribution in [3.8, 4) is 17.2 Å². The molecule has 4 nitrogen and oxygen atoms in total. The molecule has 1 saturated heterocycles. The van der Waals surface area contributed by atoms with Crippen LogP contribution in [0.5, 0.6) is 17.2 Å². The summed E-state index contributed by atoms with van der Waals surface area (Å²) in [7, 11) is 1.71. The van der Waals surface area contributed by atoms with Crippen LogP contribution in [-0.4, -0.2) is 30.9 Å². The second kappa shape index (κ2) is 7.96. The smallest absolute Gasteiger partial charge is 0.139 e. The van der Waals surface area contributed by atoms with Crippen LogP contribution < -0.4 is 9.47 Å². The van der Waals surface area contributed by atoms with Crippen LogP contribution in [0.3, 0.4) is 0 Å². The standard InChI is InChI=1S/C26H25NO3/c1-29-23-11-5-2-8-18(23)16-27-15-14-22(28)21(17-27)26-19-9-3-6-12-24(19)30-25-13-7-4-10-20(25)26/h2-13,21,26H,14-17H2,1H3. The van der Waals surface area contributed by atoms with Crippen LogP contribution in [0.25, 0.3) is 0 Å². The maximum Gasteiger partial charge on any atom is 0.139 e. The van der Waals surface area contributed by atoms with Crippen molar-refractivity contribution < 1.29 is 14.3 Å². The van der Waals surface area contributed by atoms with E-state index in [0.717, 1.165) is 53.6 Å². The number of Topliss-reactive ketones (excluding diaryl/α,β-unsaturated/α-hetero) is 1. The second-order valence-corrected chi connectivity index (χ2v) is 8.03. The van der Waals surface area contributed by atoms with Crippen molar-refractivity contribution in [2.45, 2.75) is 18.9 Å². The van der Waals surface area contributed by atoms with E-state index in [9.17, 15) is 4.79 Å². The number of ether oxygens (including phenoxy) is 2. The summed E-state index contributed by atoms with van der Waals surface area (Å²) >= 11 is 0. The van der Waals surface area contributed by atoms with E-state index < -0.39 is 0 Å². The van der Waals surface area contributed by atoms with Gasteiger partial charge in [-0.2, -0.15) is 0 Å². The van der Waals surface area contributed by atoms with E-state index in [4.69, 9.17) is 9.47 Å². The second-order valence-electron chi connectivity index (χ2n) is 8.03. The number of hydrogen-bond acceptors (Lipinski definition) is 4. The molecule has 0 radical (unpaired) electrons. The van der Waals surface area contributed by atoms with Gasteiger partial charge >= 0.3 is 0 Å². The molecule has 0 bridgehead atoms. The van der Waals surface area contributed by atoms with Gasteiger partial charge in [0.25, 0.3) is 0 Å². The molecule has 0 aliphatic carbocycles. The third-order valence-electron chi connectivity index (χ3n) is 6.26. The van der Waals surface area contributed by atoms with Gasteiger partial charge in [-0.15, -0.1) is 0 Å². The molecule has 0 amide bonds. The van der Waals surface area contributed by atoms with E-state index in [2.05, 4.69) is 23.1 Å². The van der Waals surface area contributed by atoms with Gasteiger partial charge in [0.1, 0.15) is 23.0 Å². The number of methoxy groups -OCH3 is 1. The summed E-state index contributed by atoms with van der Waals surface area (Å²) in [5.41, 5.74) is 3.36. The first kappa shape index (κ1) is 18.9. The molecule has 5 rings (SSSR count). The lowest BCUT2D eigenvalue weighted by molar-refractivity contribution is -0.127. The SMILES string of the molecule is COc1ccccc1CN1CCC(=O)C(C2c3ccccc3Oc3ccccc32)C1. The van der Waals surface area contributed by atoms with Crippen LogP contribution >= 0.6 is 0 Å². The lowest BCUT2D eigenvalue weighted by atomic mass is 9.74. The van der Waals surface area contributed by atoms with E-state index in [0.29, 0.717) is 12.2 Å². The monoisotopic (exact) mass is 399 g/mol. The van der Waals surface area contributed by atoms with E-state index in [1.807, 2.05) is 54.6 Å². The van der Waals surface area contributed by atoms with E-state index in [1.54, 1.807) is 7.11 Å². The Morgan fingerprint density at radius 3 is 2.27 bits per heavy atom. The van der Waals surface area contributed by atoms with Gasteiger partial charge in [0, 0.05) is 54.6 Å². The van der Waals surface area contributed by atoms with Crippen LogP contribution in [0.1, 0.15) is 29.0 Å². The Kier molecular flexibility index (Phi) is 5.01. The normalized spacial score (nSPS) is 19.0. The number of fused-ring (bicyclic) bond motifs is 2. The highest BCUT2D eigenvalue weighted by molar-refractivity contribution is 5.84. The predicted octanol–water partition coefficient (Wildman–Crippen LogP) is 5.02. The molecular weight excluding hydrogens is 374 g/mol. The number of benzene rings is 3. The number of carbonyl (C=O) groups excluding carboxylic acids is 1. The molecule has 3 aromatic carbocycles. The number of piperidine rings is 1. The van der Waals surface area contributed by atoms with Crippen molar-refractivity contribution in [2.24, 2.45) is 5.92 Å². The summed E-state index contributed by atoms with van der Waals surface area (Å²) in [4.78, 5) is 15.5. The Balaban J connectivity index is 1.48. The fourth-order valence-electron chi connectivity index (χ4n) is 4.81. The molecule has 1 fully saturated rings. The Morgan fingerprint density at radius 1 is 0.933 bits per heavy atom. The largest absolute Gasteiger partial charge is 0.496 e. The summed E-state index contributed by atoms with van der Waals surface area (Å²) < 4.78 is 11.7. The van der Waals surface area contributed by atoms with Gasteiger partial charge in [0.2, 0.25) is 0 Å². The molecule has 2 heterocycles. The predicted molar refractivity (Wildman–Crippen MR) is 116 cm³/mol. The first-order chi connectivity index (χ1) is 14.7. The molecule has 1 atom stereocenters. The van der Waals surface area contributed by atoms with Crippen molar-refractivity contribution in [3.05, 3.63) is 89.5 Å². The molecule has 3 aromatic rings. The van der Waals surface area contributed by atoms with Crippen LogP contribution in [0.2, 0.25) is 0 Å². The number of para-hydroxylation sites is 3. The van der Waals surface area contributed by atoms with Crippen LogP contribution in [0, 0.1) is 5.92 Å². The lowest BCUT2D eigenvalue weighted by Crippen LogP contribution is -2.43. The highest BCUT2D eigenvalue weighted by Gasteiger charge is 2.39. The molecule has 4 heteroatoms. The molecule has 1 unspecified atom stereocenters. The fourth-order valence-corrected chi connectivity index (χ4v) is 4.81. The highest BCUT2D eigenvalue weighted by atomic mass is 16.5. The van der Waals surface area contributed by atoms with Gasteiger partial charge < -0.3 is 9.47 Å². The highest BCUT2D eigenvalue weighted by Crippen LogP contribution is 2.48. The first-order valence-electron chi connectivity index (χ1n) is 10.5. The summed E-state index contributed by atoms with van der Waals surface area (Å²) in [6, 6.07) is 24.3. The van der Waals surface area contributed by atoms with Gasteiger partial charge in [-0.3, -0.25) is 9.69 Å². The number of rotatable bonds is 4. The third-order valence-corrected chi connectivity index (χ3v) is 6.26.